The first-order valence-corrected chi connectivity index (χ1v) is 4.00. The molecule has 0 aliphatic heterocycles. The van der Waals surface area contributed by atoms with Gasteiger partial charge in [0.25, 0.3) is 0 Å². The van der Waals surface area contributed by atoms with Gasteiger partial charge in [0.05, 0.1) is 0 Å². The molecule has 0 aromatic rings. The topological polar surface area (TPSA) is 0 Å². The molecule has 0 aromatic heterocycles. The molecule has 0 amide bonds. The molecule has 0 atom stereocenters. The van der Waals surface area contributed by atoms with E-state index in [4.69, 9.17) is 0 Å². The van der Waals surface area contributed by atoms with Gasteiger partial charge in [-0.1, -0.05) is 0 Å². The summed E-state index contributed by atoms with van der Waals surface area (Å²) >= 11 is 0. The Bertz CT molecular complexity index is 194. The van der Waals surface area contributed by atoms with E-state index < -0.39 is 6.68 Å². The molecule has 2 aliphatic carbocycles. The minimum Gasteiger partial charge on any atom is -1.00 e. The third-order valence-corrected chi connectivity index (χ3v) is 1.17. The number of hydrogen-bond acceptors (Lipinski definition) is 0. The third kappa shape index (κ3) is 19.9. The van der Waals surface area contributed by atoms with Gasteiger partial charge in [-0.25, -0.2) is 24.3 Å². The predicted molar refractivity (Wildman–Crippen MR) is 51.9 cm³/mol. The van der Waals surface area contributed by atoms with Crippen LogP contribution in [0, 0.1) is 18.8 Å². The van der Waals surface area contributed by atoms with Crippen LogP contribution in [0.1, 0.15) is 15.7 Å². The minimum atomic E-state index is -3.08. The molecule has 0 N–H and O–H groups in total. The molecule has 15 heavy (non-hydrogen) atoms. The van der Waals surface area contributed by atoms with Crippen molar-refractivity contribution in [3.8, 4) is 0 Å². The van der Waals surface area contributed by atoms with Crippen LogP contribution >= 0.6 is 0 Å². The summed E-state index contributed by atoms with van der Waals surface area (Å²) in [5.74, 6) is 0. The molecule has 4 heteroatoms. The van der Waals surface area contributed by atoms with Gasteiger partial charge < -0.3 is 16.0 Å². The van der Waals surface area contributed by atoms with E-state index in [1.807, 2.05) is 24.3 Å². The van der Waals surface area contributed by atoms with Gasteiger partial charge in [0.2, 0.25) is 0 Å². The normalized spacial score (nSPS) is 14.1. The van der Waals surface area contributed by atoms with Crippen molar-refractivity contribution in [2.45, 2.75) is 12.8 Å². The maximum absolute atomic E-state index is 9.58. The Labute approximate surface area is 110 Å². The summed E-state index contributed by atoms with van der Waals surface area (Å²) in [7, 11) is 0. The van der Waals surface area contributed by atoms with Crippen molar-refractivity contribution >= 4 is 0 Å². The smallest absolute Gasteiger partial charge is 1.00 e. The van der Waals surface area contributed by atoms with Crippen molar-refractivity contribution in [1.29, 1.82) is 0 Å². The molecule has 83 valence electrons. The quantitative estimate of drug-likeness (QED) is 0.588. The molecule has 0 nitrogen and oxygen atoms in total. The Kier molecular flexibility index (Phi) is 15.5. The molecule has 0 heterocycles. The first-order chi connectivity index (χ1) is 6.73. The number of allylic oxidation sites excluding steroid dienone is 8. The average Bonchev–Trinajstić information content (AvgIpc) is 2.83. The largest absolute Gasteiger partial charge is 3.00 e. The molecular formula is C11H12F3Zr-2. The molecule has 1 radical (unpaired) electrons. The van der Waals surface area contributed by atoms with E-state index in [1.165, 1.54) is 0 Å². The zero-order valence-electron chi connectivity index (χ0n) is 10.0. The van der Waals surface area contributed by atoms with Crippen molar-refractivity contribution in [2.24, 2.45) is 0 Å². The van der Waals surface area contributed by atoms with E-state index in [-0.39, 0.29) is 29.1 Å². The van der Waals surface area contributed by atoms with E-state index in [0.717, 1.165) is 12.8 Å². The van der Waals surface area contributed by atoms with Gasteiger partial charge in [-0.2, -0.15) is 12.2 Å². The van der Waals surface area contributed by atoms with Crippen LogP contribution in [-0.2, 0) is 26.2 Å². The molecule has 0 aromatic carbocycles. The molecule has 0 saturated heterocycles. The molecule has 0 spiro atoms. The van der Waals surface area contributed by atoms with Crippen LogP contribution in [0.3, 0.4) is 0 Å². The van der Waals surface area contributed by atoms with Crippen LogP contribution in [0.5, 0.6) is 0 Å². The van der Waals surface area contributed by atoms with Crippen LogP contribution in [0.25, 0.3) is 0 Å². The van der Waals surface area contributed by atoms with Crippen LogP contribution in [0.15, 0.2) is 36.5 Å². The summed E-state index contributed by atoms with van der Waals surface area (Å²) in [6, 6.07) is 0. The Morgan fingerprint density at radius 3 is 1.33 bits per heavy atom. The monoisotopic (exact) mass is 291 g/mol. The Morgan fingerprint density at radius 1 is 0.933 bits per heavy atom. The number of hydrogen-bond donors (Lipinski definition) is 0. The summed E-state index contributed by atoms with van der Waals surface area (Å²) in [4.78, 5) is 0. The first kappa shape index (κ1) is 17.0. The zero-order chi connectivity index (χ0) is 10.6. The second kappa shape index (κ2) is 13.6. The molecule has 2 rings (SSSR count). The Morgan fingerprint density at radius 2 is 1.27 bits per heavy atom. The van der Waals surface area contributed by atoms with E-state index in [0.29, 0.717) is 0 Å². The summed E-state index contributed by atoms with van der Waals surface area (Å²) in [6.45, 7) is -3.08. The van der Waals surface area contributed by atoms with Crippen molar-refractivity contribution in [1.82, 2.24) is 0 Å². The Balaban J connectivity index is -0.0000000692. The van der Waals surface area contributed by atoms with Crippen LogP contribution < -0.4 is 0 Å². The molecule has 0 fully saturated rings. The maximum Gasteiger partial charge on any atom is 3.00 e. The number of halogens is 3. The standard InChI is InChI=1S/2C5H5.CF3.Zr.2H/c2*1-2-4-5-3-1;2-1(3)4;;;/h2*1-3H,4H2;;;;/q3*-1;+3;2*-1. The van der Waals surface area contributed by atoms with Crippen molar-refractivity contribution in [2.75, 3.05) is 0 Å². The van der Waals surface area contributed by atoms with E-state index in [2.05, 4.69) is 24.3 Å². The maximum atomic E-state index is 9.58. The molecule has 0 bridgehead atoms. The molecule has 0 saturated carbocycles. The second-order valence-corrected chi connectivity index (χ2v) is 2.22. The van der Waals surface area contributed by atoms with Gasteiger partial charge in [-0.15, -0.1) is 12.8 Å². The fourth-order valence-electron chi connectivity index (χ4n) is 0.680. The second-order valence-electron chi connectivity index (χ2n) is 2.22. The number of rotatable bonds is 0. The average molecular weight is 292 g/mol. The SMILES string of the molecule is F[C-](F)F.[C-]1=CC=CC1.[C-]1=CC=CC1.[H-].[H-].[Zr+3]. The van der Waals surface area contributed by atoms with Gasteiger partial charge in [0, 0.05) is 0 Å². The molecule has 0 unspecified atom stereocenters. The fraction of sp³-hybridized carbons (Fsp3) is 0.182. The molecular weight excluding hydrogens is 280 g/mol. The molecule has 2 aliphatic rings. The first-order valence-electron chi connectivity index (χ1n) is 4.00. The predicted octanol–water partition coefficient (Wildman–Crippen LogP) is 4.18. The van der Waals surface area contributed by atoms with E-state index >= 15 is 0 Å². The summed E-state index contributed by atoms with van der Waals surface area (Å²) in [6.07, 6.45) is 20.0. The summed E-state index contributed by atoms with van der Waals surface area (Å²) in [5, 5.41) is 0. The van der Waals surface area contributed by atoms with Crippen molar-refractivity contribution in [3.05, 3.63) is 55.3 Å². The van der Waals surface area contributed by atoms with Crippen LogP contribution in [0.4, 0.5) is 13.2 Å². The summed E-state index contributed by atoms with van der Waals surface area (Å²) < 4.78 is 28.8. The fourth-order valence-corrected chi connectivity index (χ4v) is 0.680. The van der Waals surface area contributed by atoms with Crippen LogP contribution in [0.2, 0.25) is 0 Å². The van der Waals surface area contributed by atoms with E-state index in [1.54, 1.807) is 0 Å². The summed E-state index contributed by atoms with van der Waals surface area (Å²) in [5.41, 5.74) is 0. The zero-order valence-corrected chi connectivity index (χ0v) is 10.5. The third-order valence-electron chi connectivity index (χ3n) is 1.17. The van der Waals surface area contributed by atoms with Crippen molar-refractivity contribution in [3.63, 3.8) is 0 Å². The van der Waals surface area contributed by atoms with Gasteiger partial charge in [-0.05, 0) is 0 Å². The van der Waals surface area contributed by atoms with Crippen molar-refractivity contribution < 1.29 is 42.2 Å². The van der Waals surface area contributed by atoms with Crippen LogP contribution in [-0.4, -0.2) is 0 Å². The van der Waals surface area contributed by atoms with Gasteiger partial charge in [-0.3, -0.25) is 12.2 Å². The van der Waals surface area contributed by atoms with E-state index in [9.17, 15) is 13.2 Å². The Hall–Kier alpha value is -0.367. The van der Waals surface area contributed by atoms with Gasteiger partial charge in [0.15, 0.2) is 6.68 Å². The van der Waals surface area contributed by atoms with Gasteiger partial charge >= 0.3 is 26.2 Å². The van der Waals surface area contributed by atoms with Gasteiger partial charge in [0.1, 0.15) is 0 Å². The minimum absolute atomic E-state index is 0.